The van der Waals surface area contributed by atoms with Crippen molar-refractivity contribution in [3.8, 4) is 0 Å². The largest absolute Gasteiger partial charge is 0.449 e. The van der Waals surface area contributed by atoms with Crippen molar-refractivity contribution in [1.29, 1.82) is 0 Å². The van der Waals surface area contributed by atoms with Crippen molar-refractivity contribution >= 4 is 6.09 Å². The molecule has 1 aliphatic heterocycles. The second-order valence-electron chi connectivity index (χ2n) is 7.52. The van der Waals surface area contributed by atoms with Gasteiger partial charge in [0.2, 0.25) is 0 Å². The van der Waals surface area contributed by atoms with Gasteiger partial charge in [-0.25, -0.2) is 4.79 Å². The normalized spacial score (nSPS) is 17.7. The number of nitrogens with zero attached hydrogens (tertiary/aromatic N) is 2. The molecule has 6 nitrogen and oxygen atoms in total. The number of aryl methyl sites for hydroxylation is 1. The molecule has 1 atom stereocenters. The fourth-order valence-corrected chi connectivity index (χ4v) is 2.83. The number of hydrogen-bond donors (Lipinski definition) is 1. The Bertz CT molecular complexity index is 501. The van der Waals surface area contributed by atoms with Gasteiger partial charge in [0.25, 0.3) is 0 Å². The summed E-state index contributed by atoms with van der Waals surface area (Å²) < 4.78 is 12.6. The van der Waals surface area contributed by atoms with E-state index in [1.807, 2.05) is 40.2 Å². The first kappa shape index (κ1) is 17.8. The molecule has 0 spiro atoms. The summed E-state index contributed by atoms with van der Waals surface area (Å²) in [4.78, 5) is 11.9. The number of ether oxygens (including phenoxy) is 2. The highest BCUT2D eigenvalue weighted by Crippen LogP contribution is 2.31. The van der Waals surface area contributed by atoms with E-state index in [1.54, 1.807) is 4.68 Å². The highest BCUT2D eigenvalue weighted by molar-refractivity contribution is 5.67. The zero-order chi connectivity index (χ0) is 16.9. The number of carbonyl (C=O) groups excluding carboxylic acids is 1. The first-order valence-electron chi connectivity index (χ1n) is 8.32. The molecule has 0 saturated carbocycles. The molecule has 1 fully saturated rings. The molecule has 1 aromatic heterocycles. The van der Waals surface area contributed by atoms with Crippen LogP contribution < -0.4 is 5.32 Å². The van der Waals surface area contributed by atoms with E-state index in [4.69, 9.17) is 9.47 Å². The summed E-state index contributed by atoms with van der Waals surface area (Å²) in [5, 5.41) is 7.19. The maximum absolute atomic E-state index is 11.9. The van der Waals surface area contributed by atoms with Gasteiger partial charge in [0.1, 0.15) is 0 Å². The minimum atomic E-state index is -0.346. The van der Waals surface area contributed by atoms with Crippen molar-refractivity contribution in [3.05, 3.63) is 18.0 Å². The lowest BCUT2D eigenvalue weighted by molar-refractivity contribution is 0.0569. The molecular weight excluding hydrogens is 294 g/mol. The van der Waals surface area contributed by atoms with Gasteiger partial charge in [0.05, 0.1) is 12.8 Å². The molecule has 2 rings (SSSR count). The van der Waals surface area contributed by atoms with Crippen LogP contribution in [0.3, 0.4) is 0 Å². The zero-order valence-corrected chi connectivity index (χ0v) is 14.7. The number of amides is 1. The van der Waals surface area contributed by atoms with Gasteiger partial charge in [-0.2, -0.15) is 5.10 Å². The van der Waals surface area contributed by atoms with Crippen LogP contribution in [0, 0.1) is 11.3 Å². The summed E-state index contributed by atoms with van der Waals surface area (Å²) in [5.41, 5.74) is 1.14. The van der Waals surface area contributed by atoms with Crippen LogP contribution >= 0.6 is 0 Å². The molecule has 1 aliphatic rings. The van der Waals surface area contributed by atoms with Crippen LogP contribution in [0.15, 0.2) is 12.4 Å². The molecular formula is C17H29N3O3. The van der Waals surface area contributed by atoms with E-state index >= 15 is 0 Å². The second kappa shape index (κ2) is 7.81. The van der Waals surface area contributed by atoms with Crippen LogP contribution in [0.25, 0.3) is 0 Å². The fourth-order valence-electron chi connectivity index (χ4n) is 2.83. The Morgan fingerprint density at radius 3 is 2.74 bits per heavy atom. The Morgan fingerprint density at radius 2 is 2.17 bits per heavy atom. The first-order valence-corrected chi connectivity index (χ1v) is 8.32. The van der Waals surface area contributed by atoms with Gasteiger partial charge >= 0.3 is 6.09 Å². The van der Waals surface area contributed by atoms with Crippen molar-refractivity contribution in [2.24, 2.45) is 18.4 Å². The third-order valence-corrected chi connectivity index (χ3v) is 4.09. The average Bonchev–Trinajstić information content (AvgIpc) is 2.92. The molecule has 1 N–H and O–H groups in total. The second-order valence-corrected chi connectivity index (χ2v) is 7.52. The van der Waals surface area contributed by atoms with E-state index in [0.29, 0.717) is 19.1 Å². The summed E-state index contributed by atoms with van der Waals surface area (Å²) in [6.45, 7) is 8.68. The molecule has 6 heteroatoms. The van der Waals surface area contributed by atoms with Gasteiger partial charge in [-0.1, -0.05) is 20.8 Å². The van der Waals surface area contributed by atoms with Crippen LogP contribution in [-0.4, -0.2) is 42.2 Å². The molecule has 0 aromatic carbocycles. The fraction of sp³-hybridized carbons (Fsp3) is 0.765. The van der Waals surface area contributed by atoms with E-state index in [2.05, 4.69) is 10.4 Å². The van der Waals surface area contributed by atoms with Crippen LogP contribution in [0.1, 0.15) is 45.1 Å². The molecule has 23 heavy (non-hydrogen) atoms. The van der Waals surface area contributed by atoms with Gasteiger partial charge in [-0.05, 0) is 29.7 Å². The SMILES string of the molecule is Cn1cc(C(CNC(=O)OCC(C)(C)C)C2CCOCC2)cn1. The van der Waals surface area contributed by atoms with Crippen molar-refractivity contribution < 1.29 is 14.3 Å². The third kappa shape index (κ3) is 5.86. The molecule has 1 unspecified atom stereocenters. The topological polar surface area (TPSA) is 65.4 Å². The van der Waals surface area contributed by atoms with E-state index in [0.717, 1.165) is 31.6 Å². The molecule has 2 heterocycles. The lowest BCUT2D eigenvalue weighted by Gasteiger charge is -2.30. The molecule has 1 amide bonds. The number of aromatic nitrogens is 2. The average molecular weight is 323 g/mol. The van der Waals surface area contributed by atoms with Crippen LogP contribution in [-0.2, 0) is 16.5 Å². The maximum Gasteiger partial charge on any atom is 0.407 e. The summed E-state index contributed by atoms with van der Waals surface area (Å²) in [5.74, 6) is 0.741. The minimum absolute atomic E-state index is 0.0270. The Labute approximate surface area is 138 Å². The molecule has 0 bridgehead atoms. The van der Waals surface area contributed by atoms with Crippen molar-refractivity contribution in [1.82, 2.24) is 15.1 Å². The van der Waals surface area contributed by atoms with E-state index < -0.39 is 0 Å². The van der Waals surface area contributed by atoms with Gasteiger partial charge in [-0.15, -0.1) is 0 Å². The monoisotopic (exact) mass is 323 g/mol. The number of carbonyl (C=O) groups is 1. The smallest absolute Gasteiger partial charge is 0.407 e. The van der Waals surface area contributed by atoms with Gasteiger partial charge in [0.15, 0.2) is 0 Å². The van der Waals surface area contributed by atoms with Gasteiger partial charge < -0.3 is 14.8 Å². The van der Waals surface area contributed by atoms with Crippen molar-refractivity contribution in [2.75, 3.05) is 26.4 Å². The van der Waals surface area contributed by atoms with E-state index in [1.165, 1.54) is 0 Å². The van der Waals surface area contributed by atoms with Crippen LogP contribution in [0.5, 0.6) is 0 Å². The number of rotatable bonds is 5. The summed E-state index contributed by atoms with van der Waals surface area (Å²) >= 11 is 0. The van der Waals surface area contributed by atoms with Crippen molar-refractivity contribution in [3.63, 3.8) is 0 Å². The van der Waals surface area contributed by atoms with Gasteiger partial charge in [-0.3, -0.25) is 4.68 Å². The predicted molar refractivity (Wildman–Crippen MR) is 88.3 cm³/mol. The maximum atomic E-state index is 11.9. The highest BCUT2D eigenvalue weighted by Gasteiger charge is 2.27. The predicted octanol–water partition coefficient (Wildman–Crippen LogP) is 2.70. The third-order valence-electron chi connectivity index (χ3n) is 4.09. The first-order chi connectivity index (χ1) is 10.8. The zero-order valence-electron chi connectivity index (χ0n) is 14.7. The summed E-state index contributed by atoms with van der Waals surface area (Å²) in [6.07, 6.45) is 5.60. The highest BCUT2D eigenvalue weighted by atomic mass is 16.5. The quantitative estimate of drug-likeness (QED) is 0.905. The summed E-state index contributed by atoms with van der Waals surface area (Å²) in [6, 6.07) is 0. The molecule has 1 aromatic rings. The number of hydrogen-bond acceptors (Lipinski definition) is 4. The standard InChI is InChI=1S/C17H29N3O3/c1-17(2,3)12-23-16(21)18-10-15(13-5-7-22-8-6-13)14-9-19-20(4)11-14/h9,11,13,15H,5-8,10,12H2,1-4H3,(H,18,21). The van der Waals surface area contributed by atoms with E-state index in [9.17, 15) is 4.79 Å². The van der Waals surface area contributed by atoms with Gasteiger partial charge in [0, 0.05) is 38.9 Å². The van der Waals surface area contributed by atoms with Crippen LogP contribution in [0.2, 0.25) is 0 Å². The number of nitrogens with one attached hydrogen (secondary N) is 1. The Hall–Kier alpha value is -1.56. The van der Waals surface area contributed by atoms with Crippen molar-refractivity contribution in [2.45, 2.75) is 39.5 Å². The summed E-state index contributed by atoms with van der Waals surface area (Å²) in [7, 11) is 1.91. The Kier molecular flexibility index (Phi) is 6.04. The molecule has 0 radical (unpaired) electrons. The van der Waals surface area contributed by atoms with E-state index in [-0.39, 0.29) is 17.4 Å². The molecule has 0 aliphatic carbocycles. The minimum Gasteiger partial charge on any atom is -0.449 e. The van der Waals surface area contributed by atoms with Crippen LogP contribution in [0.4, 0.5) is 4.79 Å². The Morgan fingerprint density at radius 1 is 1.48 bits per heavy atom. The lowest BCUT2D eigenvalue weighted by atomic mass is 9.82. The number of alkyl carbamates (subject to hydrolysis) is 1. The molecule has 1 saturated heterocycles. The Balaban J connectivity index is 1.93. The molecule has 130 valence electrons. The lowest BCUT2D eigenvalue weighted by Crippen LogP contribution is -2.35.